The first kappa shape index (κ1) is 14.2. The summed E-state index contributed by atoms with van der Waals surface area (Å²) in [5, 5.41) is 6.42. The van der Waals surface area contributed by atoms with E-state index in [1.807, 2.05) is 29.8 Å². The number of fused-ring (bicyclic) bond motifs is 1. The minimum Gasteiger partial charge on any atom is -0.338 e. The van der Waals surface area contributed by atoms with E-state index in [0.29, 0.717) is 17.5 Å². The first-order valence-corrected chi connectivity index (χ1v) is 7.64. The van der Waals surface area contributed by atoms with Crippen LogP contribution in [0.4, 0.5) is 4.79 Å². The molecule has 1 saturated carbocycles. The van der Waals surface area contributed by atoms with E-state index in [-0.39, 0.29) is 6.03 Å². The van der Waals surface area contributed by atoms with E-state index in [1.165, 1.54) is 19.3 Å². The Labute approximate surface area is 128 Å². The van der Waals surface area contributed by atoms with Crippen LogP contribution in [0.3, 0.4) is 0 Å². The molecule has 2 amide bonds. The second-order valence-electron chi connectivity index (χ2n) is 5.56. The van der Waals surface area contributed by atoms with Crippen molar-refractivity contribution in [3.8, 4) is 0 Å². The fourth-order valence-corrected chi connectivity index (χ4v) is 2.88. The second kappa shape index (κ2) is 5.93. The molecule has 0 aliphatic heterocycles. The summed E-state index contributed by atoms with van der Waals surface area (Å²) in [5.74, 6) is 1.45. The van der Waals surface area contributed by atoms with Crippen LogP contribution in [-0.2, 0) is 13.6 Å². The van der Waals surface area contributed by atoms with Crippen LogP contribution in [0, 0.1) is 5.92 Å². The van der Waals surface area contributed by atoms with Gasteiger partial charge in [0.2, 0.25) is 0 Å². The van der Waals surface area contributed by atoms with E-state index in [4.69, 9.17) is 11.6 Å². The molecule has 1 aliphatic rings. The van der Waals surface area contributed by atoms with Crippen molar-refractivity contribution in [1.29, 1.82) is 0 Å². The highest BCUT2D eigenvalue weighted by Gasteiger charge is 2.18. The van der Waals surface area contributed by atoms with E-state index in [9.17, 15) is 4.79 Å². The number of rotatable bonds is 4. The standard InChI is InChI=1S/C15H19ClN4O/c1-20-13(19-12-7-3-6-11(16)14(12)20)9-18-15(21)17-8-10-4-2-5-10/h3,6-7,10H,2,4-5,8-9H2,1H3,(H2,17,18,21). The molecule has 2 aromatic rings. The second-order valence-corrected chi connectivity index (χ2v) is 5.96. The number of carbonyl (C=O) groups excluding carboxylic acids is 1. The lowest BCUT2D eigenvalue weighted by Crippen LogP contribution is -2.39. The Morgan fingerprint density at radius 2 is 2.24 bits per heavy atom. The number of para-hydroxylation sites is 1. The van der Waals surface area contributed by atoms with Crippen LogP contribution < -0.4 is 10.6 Å². The van der Waals surface area contributed by atoms with Crippen molar-refractivity contribution in [3.63, 3.8) is 0 Å². The zero-order valence-electron chi connectivity index (χ0n) is 12.0. The summed E-state index contributed by atoms with van der Waals surface area (Å²) in [6, 6.07) is 5.50. The van der Waals surface area contributed by atoms with Gasteiger partial charge in [-0.25, -0.2) is 9.78 Å². The van der Waals surface area contributed by atoms with Crippen LogP contribution in [0.15, 0.2) is 18.2 Å². The Kier molecular flexibility index (Phi) is 4.01. The number of benzene rings is 1. The number of hydrogen-bond donors (Lipinski definition) is 2. The number of imidazole rings is 1. The van der Waals surface area contributed by atoms with Crippen LogP contribution in [-0.4, -0.2) is 22.1 Å². The van der Waals surface area contributed by atoms with E-state index in [1.54, 1.807) is 0 Å². The fourth-order valence-electron chi connectivity index (χ4n) is 2.58. The van der Waals surface area contributed by atoms with Gasteiger partial charge in [-0.15, -0.1) is 0 Å². The van der Waals surface area contributed by atoms with Crippen molar-refractivity contribution >= 4 is 28.7 Å². The third-order valence-corrected chi connectivity index (χ3v) is 4.43. The normalized spacial score (nSPS) is 15.0. The number of nitrogens with zero attached hydrogens (tertiary/aromatic N) is 2. The van der Waals surface area contributed by atoms with Gasteiger partial charge < -0.3 is 15.2 Å². The molecule has 5 nitrogen and oxygen atoms in total. The number of urea groups is 1. The first-order chi connectivity index (χ1) is 10.1. The minimum absolute atomic E-state index is 0.139. The lowest BCUT2D eigenvalue weighted by molar-refractivity contribution is 0.232. The maximum atomic E-state index is 11.8. The van der Waals surface area contributed by atoms with Crippen LogP contribution >= 0.6 is 11.6 Å². The molecule has 1 aromatic carbocycles. The Bertz CT molecular complexity index is 663. The summed E-state index contributed by atoms with van der Waals surface area (Å²) in [5.41, 5.74) is 1.74. The highest BCUT2D eigenvalue weighted by molar-refractivity contribution is 6.35. The lowest BCUT2D eigenvalue weighted by Gasteiger charge is -2.25. The predicted octanol–water partition coefficient (Wildman–Crippen LogP) is 2.83. The van der Waals surface area contributed by atoms with Crippen molar-refractivity contribution in [1.82, 2.24) is 20.2 Å². The number of nitrogens with one attached hydrogen (secondary N) is 2. The summed E-state index contributed by atoms with van der Waals surface area (Å²) in [6.45, 7) is 1.15. The van der Waals surface area contributed by atoms with Gasteiger partial charge in [0, 0.05) is 13.6 Å². The monoisotopic (exact) mass is 306 g/mol. The summed E-state index contributed by atoms with van der Waals surface area (Å²) in [4.78, 5) is 16.3. The van der Waals surface area contributed by atoms with Gasteiger partial charge >= 0.3 is 6.03 Å². The minimum atomic E-state index is -0.139. The van der Waals surface area contributed by atoms with E-state index in [2.05, 4.69) is 15.6 Å². The van der Waals surface area contributed by atoms with Crippen LogP contribution in [0.5, 0.6) is 0 Å². The van der Waals surface area contributed by atoms with Gasteiger partial charge in [-0.1, -0.05) is 24.1 Å². The Balaban J connectivity index is 1.61. The van der Waals surface area contributed by atoms with E-state index < -0.39 is 0 Å². The molecule has 0 unspecified atom stereocenters. The van der Waals surface area contributed by atoms with Crippen LogP contribution in [0.2, 0.25) is 5.02 Å². The zero-order valence-corrected chi connectivity index (χ0v) is 12.8. The summed E-state index contributed by atoms with van der Waals surface area (Å²) in [6.07, 6.45) is 3.74. The predicted molar refractivity (Wildman–Crippen MR) is 83.3 cm³/mol. The van der Waals surface area contributed by atoms with Crippen molar-refractivity contribution in [2.75, 3.05) is 6.54 Å². The molecule has 1 aromatic heterocycles. The molecule has 0 saturated heterocycles. The van der Waals surface area contributed by atoms with Crippen molar-refractivity contribution in [2.24, 2.45) is 13.0 Å². The van der Waals surface area contributed by atoms with E-state index >= 15 is 0 Å². The molecule has 112 valence electrons. The molecular formula is C15H19ClN4O. The van der Waals surface area contributed by atoms with E-state index in [0.717, 1.165) is 23.4 Å². The smallest absolute Gasteiger partial charge is 0.315 e. The molecule has 2 N–H and O–H groups in total. The number of aryl methyl sites for hydroxylation is 1. The molecule has 1 aliphatic carbocycles. The average molecular weight is 307 g/mol. The molecule has 0 radical (unpaired) electrons. The largest absolute Gasteiger partial charge is 0.338 e. The van der Waals surface area contributed by atoms with Gasteiger partial charge in [-0.05, 0) is 30.9 Å². The molecule has 21 heavy (non-hydrogen) atoms. The van der Waals surface area contributed by atoms with Gasteiger partial charge in [0.15, 0.2) is 0 Å². The van der Waals surface area contributed by atoms with Crippen molar-refractivity contribution in [2.45, 2.75) is 25.8 Å². The highest BCUT2D eigenvalue weighted by Crippen LogP contribution is 2.25. The van der Waals surface area contributed by atoms with Gasteiger partial charge in [0.1, 0.15) is 5.82 Å². The fraction of sp³-hybridized carbons (Fsp3) is 0.467. The zero-order chi connectivity index (χ0) is 14.8. The molecule has 0 bridgehead atoms. The summed E-state index contributed by atoms with van der Waals surface area (Å²) in [7, 11) is 1.91. The third kappa shape index (κ3) is 2.97. The number of carbonyl (C=O) groups is 1. The number of halogens is 1. The molecule has 3 rings (SSSR count). The van der Waals surface area contributed by atoms with Gasteiger partial charge in [0.25, 0.3) is 0 Å². The Morgan fingerprint density at radius 3 is 2.90 bits per heavy atom. The van der Waals surface area contributed by atoms with Crippen LogP contribution in [0.25, 0.3) is 11.0 Å². The topological polar surface area (TPSA) is 59.0 Å². The summed E-state index contributed by atoms with van der Waals surface area (Å²) < 4.78 is 1.92. The van der Waals surface area contributed by atoms with Gasteiger partial charge in [-0.3, -0.25) is 0 Å². The Hall–Kier alpha value is -1.75. The SMILES string of the molecule is Cn1c(CNC(=O)NCC2CCC2)nc2cccc(Cl)c21. The molecule has 0 atom stereocenters. The first-order valence-electron chi connectivity index (χ1n) is 7.26. The van der Waals surface area contributed by atoms with Crippen molar-refractivity contribution in [3.05, 3.63) is 29.0 Å². The third-order valence-electron chi connectivity index (χ3n) is 4.12. The maximum Gasteiger partial charge on any atom is 0.315 e. The van der Waals surface area contributed by atoms with Crippen molar-refractivity contribution < 1.29 is 4.79 Å². The van der Waals surface area contributed by atoms with Gasteiger partial charge in [-0.2, -0.15) is 0 Å². The van der Waals surface area contributed by atoms with Gasteiger partial charge in [0.05, 0.1) is 22.6 Å². The number of hydrogen-bond acceptors (Lipinski definition) is 2. The quantitative estimate of drug-likeness (QED) is 0.912. The molecule has 0 spiro atoms. The van der Waals surface area contributed by atoms with Crippen LogP contribution in [0.1, 0.15) is 25.1 Å². The summed E-state index contributed by atoms with van der Waals surface area (Å²) >= 11 is 6.18. The molecular weight excluding hydrogens is 288 g/mol. The molecule has 6 heteroatoms. The lowest BCUT2D eigenvalue weighted by atomic mass is 9.85. The highest BCUT2D eigenvalue weighted by atomic mass is 35.5. The average Bonchev–Trinajstić information content (AvgIpc) is 2.73. The Morgan fingerprint density at radius 1 is 1.43 bits per heavy atom. The molecule has 1 fully saturated rings. The number of amides is 2. The number of aromatic nitrogens is 2. The molecule has 1 heterocycles. The maximum absolute atomic E-state index is 11.8.